The second kappa shape index (κ2) is 8.58. The number of carbonyl (C=O) groups excluding carboxylic acids is 2. The van der Waals surface area contributed by atoms with E-state index in [0.29, 0.717) is 17.7 Å². The van der Waals surface area contributed by atoms with Crippen LogP contribution in [0.15, 0.2) is 79.0 Å². The smallest absolute Gasteiger partial charge is 0.309 e. The Labute approximate surface area is 216 Å². The van der Waals surface area contributed by atoms with Gasteiger partial charge in [-0.1, -0.05) is 30.3 Å². The zero-order valence-electron chi connectivity index (χ0n) is 20.4. The van der Waals surface area contributed by atoms with E-state index in [1.165, 1.54) is 15.9 Å². The van der Waals surface area contributed by atoms with Gasteiger partial charge in [0.1, 0.15) is 0 Å². The summed E-state index contributed by atoms with van der Waals surface area (Å²) in [5.41, 5.74) is 1.11. The fourth-order valence-electron chi connectivity index (χ4n) is 5.66. The normalized spacial score (nSPS) is 19.1. The number of halogens is 3. The van der Waals surface area contributed by atoms with Gasteiger partial charge in [-0.15, -0.1) is 0 Å². The summed E-state index contributed by atoms with van der Waals surface area (Å²) in [6.07, 6.45) is -2.30. The number of aromatic nitrogens is 2. The summed E-state index contributed by atoms with van der Waals surface area (Å²) in [5, 5.41) is 6.92. The number of benzene rings is 3. The van der Waals surface area contributed by atoms with Crippen molar-refractivity contribution in [3.63, 3.8) is 0 Å². The Bertz CT molecular complexity index is 1550. The first-order valence-corrected chi connectivity index (χ1v) is 12.3. The van der Waals surface area contributed by atoms with Crippen molar-refractivity contribution in [3.8, 4) is 11.3 Å². The molecular weight excluding hydrogens is 493 g/mol. The van der Waals surface area contributed by atoms with Gasteiger partial charge in [0, 0.05) is 18.4 Å². The molecule has 2 heterocycles. The minimum atomic E-state index is -4.62. The predicted octanol–water partition coefficient (Wildman–Crippen LogP) is 6.01. The van der Waals surface area contributed by atoms with E-state index >= 15 is 0 Å². The number of para-hydroxylation sites is 1. The molecule has 0 bridgehead atoms. The molecule has 6 rings (SSSR count). The van der Waals surface area contributed by atoms with Crippen molar-refractivity contribution < 1.29 is 22.8 Å². The van der Waals surface area contributed by atoms with Gasteiger partial charge in [-0.25, -0.2) is 0 Å². The van der Waals surface area contributed by atoms with Crippen molar-refractivity contribution in [2.24, 2.45) is 0 Å². The van der Waals surface area contributed by atoms with E-state index in [1.54, 1.807) is 49.5 Å². The zero-order valence-corrected chi connectivity index (χ0v) is 20.4. The first-order chi connectivity index (χ1) is 18.3. The number of carbonyl (C=O) groups is 2. The van der Waals surface area contributed by atoms with E-state index in [2.05, 4.69) is 10.2 Å². The molecule has 2 aliphatic rings. The van der Waals surface area contributed by atoms with Crippen LogP contribution in [0, 0.1) is 0 Å². The topological polar surface area (TPSA) is 69.3 Å². The van der Waals surface area contributed by atoms with E-state index < -0.39 is 29.0 Å². The summed E-state index contributed by atoms with van der Waals surface area (Å²) in [5.74, 6) is -1.00. The summed E-state index contributed by atoms with van der Waals surface area (Å²) >= 11 is 0. The van der Waals surface area contributed by atoms with E-state index in [0.717, 1.165) is 29.0 Å². The highest BCUT2D eigenvalue weighted by Crippen LogP contribution is 2.51. The van der Waals surface area contributed by atoms with E-state index in [-0.39, 0.29) is 24.3 Å². The summed E-state index contributed by atoms with van der Waals surface area (Å²) < 4.78 is 41.5. The molecule has 1 aromatic heterocycles. The first-order valence-electron chi connectivity index (χ1n) is 12.3. The highest BCUT2D eigenvalue weighted by atomic mass is 19.4. The van der Waals surface area contributed by atoms with Crippen LogP contribution in [0.3, 0.4) is 0 Å². The van der Waals surface area contributed by atoms with Crippen LogP contribution >= 0.6 is 0 Å². The number of H-pyrrole nitrogens is 1. The monoisotopic (exact) mass is 516 g/mol. The van der Waals surface area contributed by atoms with Gasteiger partial charge in [0.25, 0.3) is 5.91 Å². The van der Waals surface area contributed by atoms with E-state index in [9.17, 15) is 22.8 Å². The van der Waals surface area contributed by atoms with Gasteiger partial charge < -0.3 is 4.90 Å². The number of alkyl halides is 3. The maximum Gasteiger partial charge on any atom is 0.416 e. The van der Waals surface area contributed by atoms with Crippen LogP contribution in [0.4, 0.5) is 30.2 Å². The molecule has 3 aromatic carbocycles. The van der Waals surface area contributed by atoms with Gasteiger partial charge in [-0.2, -0.15) is 18.3 Å². The fraction of sp³-hybridized carbons (Fsp3) is 0.207. The molecule has 1 N–H and O–H groups in total. The molecule has 0 saturated carbocycles. The second-order valence-corrected chi connectivity index (χ2v) is 9.47. The number of hydrogen-bond acceptors (Lipinski definition) is 3. The Kier molecular flexibility index (Phi) is 5.41. The molecule has 192 valence electrons. The van der Waals surface area contributed by atoms with Crippen LogP contribution in [-0.2, 0) is 27.6 Å². The minimum absolute atomic E-state index is 0.0290. The van der Waals surface area contributed by atoms with Gasteiger partial charge in [0.05, 0.1) is 22.6 Å². The Morgan fingerprint density at radius 1 is 0.947 bits per heavy atom. The molecule has 0 saturated heterocycles. The summed E-state index contributed by atoms with van der Waals surface area (Å²) in [6, 6.07) is 19.2. The van der Waals surface area contributed by atoms with Crippen molar-refractivity contribution in [2.45, 2.75) is 31.4 Å². The molecule has 1 aliphatic carbocycles. The average molecular weight is 517 g/mol. The lowest BCUT2D eigenvalue weighted by molar-refractivity contribution is -0.138. The molecule has 1 atom stereocenters. The Hall–Kier alpha value is -4.40. The average Bonchev–Trinajstić information content (AvgIpc) is 3.57. The van der Waals surface area contributed by atoms with Crippen LogP contribution < -0.4 is 9.80 Å². The maximum absolute atomic E-state index is 14.7. The second-order valence-electron chi connectivity index (χ2n) is 9.47. The van der Waals surface area contributed by atoms with E-state index in [4.69, 9.17) is 0 Å². The number of nitrogens with one attached hydrogen (secondary N) is 1. The molecule has 4 aromatic rings. The Balaban J connectivity index is 1.63. The van der Waals surface area contributed by atoms with Crippen LogP contribution in [0.2, 0.25) is 0 Å². The van der Waals surface area contributed by atoms with Crippen molar-refractivity contribution in [1.82, 2.24) is 10.2 Å². The largest absolute Gasteiger partial charge is 0.416 e. The SMILES string of the molecule is CCN1C(=O)C2(CCc3ccc(-c4ccn[nH]4)cc32)C(=O)N(c2ccccc2)c2cc(C(F)(F)F)ccc21. The number of hydrogen-bond donors (Lipinski definition) is 1. The summed E-state index contributed by atoms with van der Waals surface area (Å²) in [6.45, 7) is 1.94. The number of aromatic amines is 1. The summed E-state index contributed by atoms with van der Waals surface area (Å²) in [7, 11) is 0. The molecule has 2 amide bonds. The first kappa shape index (κ1) is 24.0. The highest BCUT2D eigenvalue weighted by Gasteiger charge is 2.57. The maximum atomic E-state index is 14.7. The highest BCUT2D eigenvalue weighted by molar-refractivity contribution is 6.27. The Morgan fingerprint density at radius 3 is 2.42 bits per heavy atom. The molecule has 38 heavy (non-hydrogen) atoms. The molecule has 6 nitrogen and oxygen atoms in total. The number of rotatable bonds is 3. The van der Waals surface area contributed by atoms with E-state index in [1.807, 2.05) is 18.2 Å². The number of fused-ring (bicyclic) bond motifs is 3. The van der Waals surface area contributed by atoms with Gasteiger partial charge in [0.2, 0.25) is 5.91 Å². The third-order valence-electron chi connectivity index (χ3n) is 7.49. The Morgan fingerprint density at radius 2 is 1.74 bits per heavy atom. The van der Waals surface area contributed by atoms with Crippen LogP contribution in [0.1, 0.15) is 30.0 Å². The van der Waals surface area contributed by atoms with Crippen molar-refractivity contribution in [1.29, 1.82) is 0 Å². The number of amides is 2. The quantitative estimate of drug-likeness (QED) is 0.339. The van der Waals surface area contributed by atoms with Gasteiger partial charge in [-0.05, 0) is 78.9 Å². The lowest BCUT2D eigenvalue weighted by Gasteiger charge is -2.32. The van der Waals surface area contributed by atoms with Crippen LogP contribution in [0.25, 0.3) is 11.3 Å². The van der Waals surface area contributed by atoms with Crippen molar-refractivity contribution >= 4 is 28.9 Å². The van der Waals surface area contributed by atoms with Gasteiger partial charge in [-0.3, -0.25) is 19.6 Å². The van der Waals surface area contributed by atoms with Crippen LogP contribution in [0.5, 0.6) is 0 Å². The number of nitrogens with zero attached hydrogens (tertiary/aromatic N) is 3. The molecule has 1 unspecified atom stereocenters. The van der Waals surface area contributed by atoms with Crippen LogP contribution in [-0.4, -0.2) is 28.6 Å². The van der Waals surface area contributed by atoms with Gasteiger partial charge >= 0.3 is 6.18 Å². The molecule has 0 fully saturated rings. The van der Waals surface area contributed by atoms with Gasteiger partial charge in [0.15, 0.2) is 5.41 Å². The minimum Gasteiger partial charge on any atom is -0.309 e. The number of anilines is 3. The summed E-state index contributed by atoms with van der Waals surface area (Å²) in [4.78, 5) is 31.9. The molecule has 1 aliphatic heterocycles. The van der Waals surface area contributed by atoms with Crippen molar-refractivity contribution in [2.75, 3.05) is 16.3 Å². The third kappa shape index (κ3) is 3.45. The predicted molar refractivity (Wildman–Crippen MR) is 137 cm³/mol. The number of likely N-dealkylation sites (N-methyl/N-ethyl adjacent to an activating group) is 1. The number of aryl methyl sites for hydroxylation is 1. The molecule has 9 heteroatoms. The third-order valence-corrected chi connectivity index (χ3v) is 7.49. The fourth-order valence-corrected chi connectivity index (χ4v) is 5.66. The molecule has 0 radical (unpaired) electrons. The molecule has 1 spiro atoms. The zero-order chi connectivity index (χ0) is 26.7. The van der Waals surface area contributed by atoms with Crippen molar-refractivity contribution in [3.05, 3.63) is 95.7 Å². The molecular formula is C29H23F3N4O2. The standard InChI is InChI=1S/C29H23F3N4O2/c1-2-35-24-11-10-20(29(30,31)32)17-25(24)36(21-6-4-3-5-7-21)27(38)28(26(35)37)14-12-18-8-9-19(16-22(18)28)23-13-15-33-34-23/h3-11,13,15-17H,2,12,14H2,1H3,(H,33,34). The lowest BCUT2D eigenvalue weighted by Crippen LogP contribution is -2.53. The lowest BCUT2D eigenvalue weighted by atomic mass is 9.78.